The van der Waals surface area contributed by atoms with E-state index in [1.54, 1.807) is 6.26 Å². The average Bonchev–Trinajstić information content (AvgIpc) is 3.67. The Morgan fingerprint density at radius 3 is 2.51 bits per heavy atom. The highest BCUT2D eigenvalue weighted by molar-refractivity contribution is 6.09. The maximum absolute atomic E-state index is 6.45. The molecule has 6 nitrogen and oxygen atoms in total. The largest absolute Gasteiger partial charge is 0.464 e. The van der Waals surface area contributed by atoms with E-state index in [1.165, 1.54) is 16.8 Å². The van der Waals surface area contributed by atoms with E-state index >= 15 is 0 Å². The summed E-state index contributed by atoms with van der Waals surface area (Å²) in [5, 5.41) is 3.29. The summed E-state index contributed by atoms with van der Waals surface area (Å²) in [6.45, 7) is 0.794. The molecule has 0 saturated carbocycles. The number of rotatable bonds is 4. The second-order valence-corrected chi connectivity index (χ2v) is 9.89. The molecule has 0 radical (unpaired) electrons. The molecular formula is C33H24N4O2. The predicted octanol–water partition coefficient (Wildman–Crippen LogP) is 8.26. The molecule has 39 heavy (non-hydrogen) atoms. The van der Waals surface area contributed by atoms with Gasteiger partial charge in [0.1, 0.15) is 22.9 Å². The number of furan rings is 1. The number of nitrogens with zero attached hydrogens (tertiary/aromatic N) is 4. The zero-order chi connectivity index (χ0) is 25.9. The molecule has 0 amide bonds. The van der Waals surface area contributed by atoms with Crippen molar-refractivity contribution in [2.24, 2.45) is 0 Å². The molecule has 1 aliphatic rings. The second-order valence-electron chi connectivity index (χ2n) is 9.89. The number of ether oxygens (including phenoxy) is 1. The molecule has 0 bridgehead atoms. The second kappa shape index (κ2) is 8.39. The Balaban J connectivity index is 1.21. The molecule has 8 rings (SSSR count). The summed E-state index contributed by atoms with van der Waals surface area (Å²) in [4.78, 5) is 9.33. The van der Waals surface area contributed by atoms with Gasteiger partial charge in [-0.15, -0.1) is 0 Å². The number of pyridine rings is 1. The fraction of sp³-hybridized carbons (Fsp3) is 0.0606. The van der Waals surface area contributed by atoms with Gasteiger partial charge in [0.15, 0.2) is 0 Å². The summed E-state index contributed by atoms with van der Waals surface area (Å²) in [6.07, 6.45) is 3.55. The normalized spacial score (nSPS) is 13.1. The van der Waals surface area contributed by atoms with E-state index in [0.717, 1.165) is 57.1 Å². The van der Waals surface area contributed by atoms with Crippen molar-refractivity contribution in [2.75, 3.05) is 23.5 Å². The van der Waals surface area contributed by atoms with Gasteiger partial charge >= 0.3 is 0 Å². The molecule has 3 aromatic heterocycles. The van der Waals surface area contributed by atoms with Crippen LogP contribution in [0.2, 0.25) is 0 Å². The Bertz CT molecular complexity index is 2020. The van der Waals surface area contributed by atoms with Crippen molar-refractivity contribution in [3.63, 3.8) is 0 Å². The average molecular weight is 509 g/mol. The van der Waals surface area contributed by atoms with Crippen LogP contribution in [0.5, 0.6) is 11.5 Å². The number of benzene rings is 4. The Labute approximate surface area is 224 Å². The van der Waals surface area contributed by atoms with Crippen LogP contribution in [0.1, 0.15) is 0 Å². The first-order valence-electron chi connectivity index (χ1n) is 13.0. The molecular weight excluding hydrogens is 484 g/mol. The van der Waals surface area contributed by atoms with Gasteiger partial charge in [-0.25, -0.2) is 4.98 Å². The topological polar surface area (TPSA) is 46.7 Å². The molecule has 0 saturated heterocycles. The van der Waals surface area contributed by atoms with Crippen molar-refractivity contribution >= 4 is 49.8 Å². The Kier molecular flexibility index (Phi) is 4.70. The van der Waals surface area contributed by atoms with Crippen molar-refractivity contribution in [2.45, 2.75) is 0 Å². The number of fused-ring (bicyclic) bond motifs is 5. The summed E-state index contributed by atoms with van der Waals surface area (Å²) in [7, 11) is 2.12. The lowest BCUT2D eigenvalue weighted by Gasteiger charge is -2.20. The van der Waals surface area contributed by atoms with Crippen LogP contribution in [0.25, 0.3) is 38.6 Å². The van der Waals surface area contributed by atoms with Crippen LogP contribution in [0.3, 0.4) is 0 Å². The van der Waals surface area contributed by atoms with Gasteiger partial charge < -0.3 is 19.0 Å². The molecule has 0 N–H and O–H groups in total. The highest BCUT2D eigenvalue weighted by Gasteiger charge is 2.24. The Morgan fingerprint density at radius 1 is 0.744 bits per heavy atom. The summed E-state index contributed by atoms with van der Waals surface area (Å²) >= 11 is 0. The molecule has 4 heterocycles. The maximum atomic E-state index is 6.45. The molecule has 0 fully saturated rings. The standard InChI is InChI=1S/C33H24N4O2/c1-35-21-36(30-12-5-4-11-29(30)35)23-7-6-8-24(17-23)39-25-13-14-27-26-9-2-3-10-28(26)37(31(27)18-25)33-19-32-22(20-34-33)15-16-38-32/h2-20H,21H2,1H3. The first kappa shape index (κ1) is 21.8. The van der Waals surface area contributed by atoms with E-state index in [9.17, 15) is 0 Å². The zero-order valence-electron chi connectivity index (χ0n) is 21.3. The molecule has 188 valence electrons. The third-order valence-corrected chi connectivity index (χ3v) is 7.50. The third-order valence-electron chi connectivity index (χ3n) is 7.50. The van der Waals surface area contributed by atoms with Crippen LogP contribution in [0, 0.1) is 0 Å². The van der Waals surface area contributed by atoms with Gasteiger partial charge in [0, 0.05) is 53.3 Å². The summed E-state index contributed by atoms with van der Waals surface area (Å²) in [6, 6.07) is 35.3. The fourth-order valence-corrected chi connectivity index (χ4v) is 5.68. The quantitative estimate of drug-likeness (QED) is 0.239. The molecule has 0 unspecified atom stereocenters. The lowest BCUT2D eigenvalue weighted by Crippen LogP contribution is -2.23. The molecule has 1 aliphatic heterocycles. The van der Waals surface area contributed by atoms with Crippen LogP contribution < -0.4 is 14.5 Å². The predicted molar refractivity (Wildman–Crippen MR) is 157 cm³/mol. The van der Waals surface area contributed by atoms with Gasteiger partial charge in [-0.05, 0) is 48.5 Å². The Hall–Kier alpha value is -5.23. The number of anilines is 3. The Morgan fingerprint density at radius 2 is 1.56 bits per heavy atom. The fourth-order valence-electron chi connectivity index (χ4n) is 5.68. The van der Waals surface area contributed by atoms with E-state index in [2.05, 4.69) is 94.2 Å². The number of aromatic nitrogens is 2. The van der Waals surface area contributed by atoms with Crippen LogP contribution in [0.15, 0.2) is 120 Å². The minimum Gasteiger partial charge on any atom is -0.464 e. The molecule has 0 atom stereocenters. The van der Waals surface area contributed by atoms with Gasteiger partial charge in [0.25, 0.3) is 0 Å². The zero-order valence-corrected chi connectivity index (χ0v) is 21.3. The van der Waals surface area contributed by atoms with E-state index < -0.39 is 0 Å². The molecule has 0 spiro atoms. The minimum absolute atomic E-state index is 0.765. The van der Waals surface area contributed by atoms with Crippen LogP contribution in [-0.4, -0.2) is 23.3 Å². The third kappa shape index (κ3) is 3.45. The van der Waals surface area contributed by atoms with Crippen molar-refractivity contribution in [3.8, 4) is 17.3 Å². The first-order valence-corrected chi connectivity index (χ1v) is 13.0. The molecule has 0 aliphatic carbocycles. The molecule has 7 aromatic rings. The monoisotopic (exact) mass is 508 g/mol. The van der Waals surface area contributed by atoms with Gasteiger partial charge in [0.05, 0.1) is 35.3 Å². The maximum Gasteiger partial charge on any atom is 0.141 e. The lowest BCUT2D eigenvalue weighted by molar-refractivity contribution is 0.483. The van der Waals surface area contributed by atoms with Gasteiger partial charge in [-0.3, -0.25) is 4.57 Å². The van der Waals surface area contributed by atoms with Crippen LogP contribution in [-0.2, 0) is 0 Å². The smallest absolute Gasteiger partial charge is 0.141 e. The van der Waals surface area contributed by atoms with Gasteiger partial charge in [-0.1, -0.05) is 36.4 Å². The molecule has 6 heteroatoms. The number of para-hydroxylation sites is 3. The SMILES string of the molecule is CN1CN(c2cccc(Oc3ccc4c5ccccc5n(-c5cc6occc6cn5)c4c3)c2)c2ccccc21. The highest BCUT2D eigenvalue weighted by Crippen LogP contribution is 2.41. The van der Waals surface area contributed by atoms with Crippen LogP contribution >= 0.6 is 0 Å². The summed E-state index contributed by atoms with van der Waals surface area (Å²) in [5.41, 5.74) is 6.44. The first-order chi connectivity index (χ1) is 19.2. The highest BCUT2D eigenvalue weighted by atomic mass is 16.5. The van der Waals surface area contributed by atoms with Crippen molar-refractivity contribution in [1.29, 1.82) is 0 Å². The van der Waals surface area contributed by atoms with Gasteiger partial charge in [0.2, 0.25) is 0 Å². The minimum atomic E-state index is 0.765. The van der Waals surface area contributed by atoms with E-state index in [1.807, 2.05) is 36.5 Å². The van der Waals surface area contributed by atoms with Gasteiger partial charge in [-0.2, -0.15) is 0 Å². The van der Waals surface area contributed by atoms with E-state index in [0.29, 0.717) is 0 Å². The lowest BCUT2D eigenvalue weighted by atomic mass is 10.1. The van der Waals surface area contributed by atoms with E-state index in [4.69, 9.17) is 14.1 Å². The number of hydrogen-bond acceptors (Lipinski definition) is 5. The number of hydrogen-bond donors (Lipinski definition) is 0. The van der Waals surface area contributed by atoms with Crippen molar-refractivity contribution in [1.82, 2.24) is 9.55 Å². The van der Waals surface area contributed by atoms with Crippen molar-refractivity contribution < 1.29 is 9.15 Å². The van der Waals surface area contributed by atoms with Crippen molar-refractivity contribution in [3.05, 3.63) is 116 Å². The molecule has 4 aromatic carbocycles. The summed E-state index contributed by atoms with van der Waals surface area (Å²) in [5.74, 6) is 2.36. The van der Waals surface area contributed by atoms with E-state index in [-0.39, 0.29) is 0 Å². The summed E-state index contributed by atoms with van der Waals surface area (Å²) < 4.78 is 14.3. The van der Waals surface area contributed by atoms with Crippen LogP contribution in [0.4, 0.5) is 17.1 Å².